The first-order valence-electron chi connectivity index (χ1n) is 8.26. The molecule has 3 aliphatic rings. The Kier molecular flexibility index (Phi) is 4.60. The molecule has 0 unspecified atom stereocenters. The molecule has 2 atom stereocenters. The van der Waals surface area contributed by atoms with Gasteiger partial charge in [-0.3, -0.25) is 9.69 Å². The Morgan fingerprint density at radius 3 is 2.48 bits per heavy atom. The highest BCUT2D eigenvalue weighted by Crippen LogP contribution is 2.32. The van der Waals surface area contributed by atoms with Crippen LogP contribution in [0.15, 0.2) is 42.5 Å². The molecule has 3 heterocycles. The number of hydrogen-bond acceptors (Lipinski definition) is 2. The Balaban J connectivity index is 0.00000156. The Hall–Kier alpha value is -1.58. The third kappa shape index (κ3) is 2.96. The van der Waals surface area contributed by atoms with Crippen molar-refractivity contribution in [1.29, 1.82) is 0 Å². The first-order valence-corrected chi connectivity index (χ1v) is 8.26. The van der Waals surface area contributed by atoms with E-state index in [9.17, 15) is 4.79 Å². The fraction of sp³-hybridized carbons (Fsp3) is 0.421. The lowest BCUT2D eigenvalue weighted by Gasteiger charge is -2.49. The summed E-state index contributed by atoms with van der Waals surface area (Å²) in [6.45, 7) is 4.62. The summed E-state index contributed by atoms with van der Waals surface area (Å²) in [6, 6.07) is 14.9. The molecule has 2 bridgehead atoms. The van der Waals surface area contributed by atoms with Crippen molar-refractivity contribution >= 4 is 29.1 Å². The number of halogens is 1. The van der Waals surface area contributed by atoms with Crippen molar-refractivity contribution in [3.05, 3.63) is 48.0 Å². The van der Waals surface area contributed by atoms with Crippen LogP contribution >= 0.6 is 12.4 Å². The first-order chi connectivity index (χ1) is 10.7. The smallest absolute Gasteiger partial charge is 0.251 e. The number of piperidine rings is 3. The monoisotopic (exact) mass is 330 g/mol. The second-order valence-electron chi connectivity index (χ2n) is 6.68. The first kappa shape index (κ1) is 16.3. The van der Waals surface area contributed by atoms with Crippen LogP contribution in [0.3, 0.4) is 0 Å². The topological polar surface area (TPSA) is 32.3 Å². The Morgan fingerprint density at radius 2 is 1.78 bits per heavy atom. The van der Waals surface area contributed by atoms with E-state index in [1.807, 2.05) is 30.3 Å². The number of hydrogen-bond donors (Lipinski definition) is 1. The van der Waals surface area contributed by atoms with Crippen LogP contribution in [0.1, 0.15) is 30.1 Å². The van der Waals surface area contributed by atoms with Crippen molar-refractivity contribution < 1.29 is 4.79 Å². The van der Waals surface area contributed by atoms with Crippen LogP contribution in [0.25, 0.3) is 10.8 Å². The lowest BCUT2D eigenvalue weighted by Crippen LogP contribution is -2.62. The van der Waals surface area contributed by atoms with Gasteiger partial charge in [0.25, 0.3) is 5.91 Å². The molecule has 3 saturated heterocycles. The molecule has 0 saturated carbocycles. The molecular weight excluding hydrogens is 308 g/mol. The average Bonchev–Trinajstić information content (AvgIpc) is 2.58. The highest BCUT2D eigenvalue weighted by Gasteiger charge is 2.40. The van der Waals surface area contributed by atoms with E-state index in [-0.39, 0.29) is 18.3 Å². The van der Waals surface area contributed by atoms with Gasteiger partial charge < -0.3 is 5.32 Å². The maximum Gasteiger partial charge on any atom is 0.251 e. The van der Waals surface area contributed by atoms with Crippen molar-refractivity contribution in [1.82, 2.24) is 10.2 Å². The molecule has 1 N–H and O–H groups in total. The van der Waals surface area contributed by atoms with Gasteiger partial charge in [0.15, 0.2) is 0 Å². The van der Waals surface area contributed by atoms with Crippen LogP contribution in [0.5, 0.6) is 0 Å². The van der Waals surface area contributed by atoms with Crippen molar-refractivity contribution in [2.45, 2.75) is 31.8 Å². The third-order valence-corrected chi connectivity index (χ3v) is 5.49. The van der Waals surface area contributed by atoms with Gasteiger partial charge in [0.05, 0.1) is 0 Å². The largest absolute Gasteiger partial charge is 0.347 e. The van der Waals surface area contributed by atoms with Crippen molar-refractivity contribution in [2.75, 3.05) is 13.1 Å². The zero-order chi connectivity index (χ0) is 15.1. The van der Waals surface area contributed by atoms with E-state index in [0.29, 0.717) is 18.0 Å². The number of carbonyl (C=O) groups excluding carboxylic acids is 1. The summed E-state index contributed by atoms with van der Waals surface area (Å²) in [5.41, 5.74) is 0.766. The molecule has 0 aromatic heterocycles. The number of nitrogens with one attached hydrogen (secondary N) is 1. The molecule has 1 amide bonds. The predicted molar refractivity (Wildman–Crippen MR) is 96.2 cm³/mol. The molecule has 3 nitrogen and oxygen atoms in total. The van der Waals surface area contributed by atoms with Gasteiger partial charge in [0.2, 0.25) is 0 Å². The van der Waals surface area contributed by atoms with E-state index in [2.05, 4.69) is 29.3 Å². The number of amides is 1. The number of nitrogens with zero attached hydrogens (tertiary/aromatic N) is 1. The lowest BCUT2D eigenvalue weighted by molar-refractivity contribution is 0.0217. The molecule has 3 fully saturated rings. The summed E-state index contributed by atoms with van der Waals surface area (Å²) in [5.74, 6) is 0.709. The fourth-order valence-corrected chi connectivity index (χ4v) is 4.11. The van der Waals surface area contributed by atoms with E-state index >= 15 is 0 Å². The molecule has 4 heteroatoms. The van der Waals surface area contributed by atoms with Gasteiger partial charge in [-0.05, 0) is 61.7 Å². The molecule has 3 aliphatic heterocycles. The third-order valence-electron chi connectivity index (χ3n) is 5.49. The Labute approximate surface area is 143 Å². The zero-order valence-corrected chi connectivity index (χ0v) is 14.2. The summed E-state index contributed by atoms with van der Waals surface area (Å²) >= 11 is 0. The van der Waals surface area contributed by atoms with E-state index < -0.39 is 0 Å². The van der Waals surface area contributed by atoms with Crippen LogP contribution in [0.4, 0.5) is 0 Å². The molecule has 2 aromatic rings. The maximum atomic E-state index is 12.6. The van der Waals surface area contributed by atoms with Crippen LogP contribution < -0.4 is 5.32 Å². The minimum Gasteiger partial charge on any atom is -0.347 e. The second-order valence-corrected chi connectivity index (χ2v) is 6.68. The van der Waals surface area contributed by atoms with Gasteiger partial charge in [0.1, 0.15) is 0 Å². The molecule has 0 aliphatic carbocycles. The predicted octanol–water partition coefficient (Wildman–Crippen LogP) is 3.47. The van der Waals surface area contributed by atoms with Crippen molar-refractivity contribution in [2.24, 2.45) is 5.92 Å². The molecule has 122 valence electrons. The minimum absolute atomic E-state index is 0. The summed E-state index contributed by atoms with van der Waals surface area (Å²) in [5, 5.41) is 5.60. The maximum absolute atomic E-state index is 12.6. The molecule has 0 radical (unpaired) electrons. The summed E-state index contributed by atoms with van der Waals surface area (Å²) in [6.07, 6.45) is 2.43. The van der Waals surface area contributed by atoms with Crippen LogP contribution in [-0.2, 0) is 0 Å². The van der Waals surface area contributed by atoms with E-state index in [1.54, 1.807) is 0 Å². The number of rotatable bonds is 2. The van der Waals surface area contributed by atoms with Gasteiger partial charge in [-0.15, -0.1) is 12.4 Å². The molecular formula is C19H23ClN2O. The number of carbonyl (C=O) groups is 1. The van der Waals surface area contributed by atoms with Crippen LogP contribution in [0.2, 0.25) is 0 Å². The average molecular weight is 331 g/mol. The van der Waals surface area contributed by atoms with Gasteiger partial charge >= 0.3 is 0 Å². The second kappa shape index (κ2) is 6.50. The minimum atomic E-state index is 0. The van der Waals surface area contributed by atoms with E-state index in [4.69, 9.17) is 0 Å². The van der Waals surface area contributed by atoms with Crippen LogP contribution in [-0.4, -0.2) is 36.0 Å². The highest BCUT2D eigenvalue weighted by atomic mass is 35.5. The molecule has 23 heavy (non-hydrogen) atoms. The number of fused-ring (bicyclic) bond motifs is 4. The molecule has 2 aromatic carbocycles. The van der Waals surface area contributed by atoms with E-state index in [0.717, 1.165) is 10.9 Å². The standard InChI is InChI=1S/C19H22N2O.ClH/c1-13-18(15-8-10-21(13)11-9-15)20-19(22)17-7-6-14-4-2-3-5-16(14)12-17;/h2-7,12-13,15,18H,8-11H2,1H3,(H,20,22);1H/t13-,18-;/m0./s1. The normalized spacial score (nSPS) is 29.1. The summed E-state index contributed by atoms with van der Waals surface area (Å²) in [7, 11) is 0. The van der Waals surface area contributed by atoms with Gasteiger partial charge in [-0.25, -0.2) is 0 Å². The summed E-state index contributed by atoms with van der Waals surface area (Å²) < 4.78 is 0. The lowest BCUT2D eigenvalue weighted by atomic mass is 9.79. The van der Waals surface area contributed by atoms with E-state index in [1.165, 1.54) is 31.3 Å². The highest BCUT2D eigenvalue weighted by molar-refractivity contribution is 5.98. The number of benzene rings is 2. The summed E-state index contributed by atoms with van der Waals surface area (Å²) in [4.78, 5) is 15.2. The van der Waals surface area contributed by atoms with Gasteiger partial charge in [0, 0.05) is 17.6 Å². The van der Waals surface area contributed by atoms with Crippen molar-refractivity contribution in [3.8, 4) is 0 Å². The molecule has 0 spiro atoms. The zero-order valence-electron chi connectivity index (χ0n) is 13.4. The van der Waals surface area contributed by atoms with Crippen LogP contribution in [0, 0.1) is 5.92 Å². The Morgan fingerprint density at radius 1 is 1.09 bits per heavy atom. The SMILES string of the molecule is C[C@H]1[C@H](NC(=O)c2ccc3ccccc3c2)C2CCN1CC2.Cl. The fourth-order valence-electron chi connectivity index (χ4n) is 4.11. The Bertz CT molecular complexity index is 707. The van der Waals surface area contributed by atoms with Gasteiger partial charge in [-0.2, -0.15) is 0 Å². The molecule has 5 rings (SSSR count). The van der Waals surface area contributed by atoms with Crippen molar-refractivity contribution in [3.63, 3.8) is 0 Å². The quantitative estimate of drug-likeness (QED) is 0.914. The van der Waals surface area contributed by atoms with Gasteiger partial charge in [-0.1, -0.05) is 30.3 Å².